The molecule has 2 aromatic rings. The van der Waals surface area contributed by atoms with Gasteiger partial charge in [-0.2, -0.15) is 5.10 Å². The van der Waals surface area contributed by atoms with E-state index in [9.17, 15) is 4.79 Å². The van der Waals surface area contributed by atoms with Crippen LogP contribution in [0.25, 0.3) is 0 Å². The van der Waals surface area contributed by atoms with Gasteiger partial charge in [0.05, 0.1) is 12.7 Å². The summed E-state index contributed by atoms with van der Waals surface area (Å²) in [6, 6.07) is 3.10. The van der Waals surface area contributed by atoms with Crippen molar-refractivity contribution < 1.29 is 14.3 Å². The summed E-state index contributed by atoms with van der Waals surface area (Å²) in [5, 5.41) is 15.9. The van der Waals surface area contributed by atoms with Crippen LogP contribution in [0, 0.1) is 0 Å². The fraction of sp³-hybridized carbons (Fsp3) is 0.273. The van der Waals surface area contributed by atoms with E-state index in [-0.39, 0.29) is 5.76 Å². The van der Waals surface area contributed by atoms with E-state index >= 15 is 0 Å². The van der Waals surface area contributed by atoms with Crippen LogP contribution in [0.4, 0.5) is 0 Å². The van der Waals surface area contributed by atoms with Gasteiger partial charge in [0.2, 0.25) is 5.76 Å². The standard InChI is InChI=1S/C11H13N3O3/c1-14-7-8(5-13-14)4-12-6-9-2-3-10(17-9)11(15)16/h2-3,5,7,12H,4,6H2,1H3,(H,15,16). The molecule has 0 aliphatic carbocycles. The van der Waals surface area contributed by atoms with Crippen LogP contribution in [0.3, 0.4) is 0 Å². The fourth-order valence-electron chi connectivity index (χ4n) is 1.48. The average Bonchev–Trinajstić information content (AvgIpc) is 2.88. The van der Waals surface area contributed by atoms with Gasteiger partial charge in [0.25, 0.3) is 0 Å². The van der Waals surface area contributed by atoms with Gasteiger partial charge < -0.3 is 14.8 Å². The quantitative estimate of drug-likeness (QED) is 0.808. The molecule has 2 aromatic heterocycles. The molecule has 0 aromatic carbocycles. The normalized spacial score (nSPS) is 10.6. The smallest absolute Gasteiger partial charge is 0.371 e. The van der Waals surface area contributed by atoms with Crippen molar-refractivity contribution in [1.29, 1.82) is 0 Å². The largest absolute Gasteiger partial charge is 0.475 e. The number of aromatic carboxylic acids is 1. The van der Waals surface area contributed by atoms with E-state index in [1.807, 2.05) is 13.2 Å². The molecule has 17 heavy (non-hydrogen) atoms. The van der Waals surface area contributed by atoms with E-state index in [4.69, 9.17) is 9.52 Å². The number of carbonyl (C=O) groups is 1. The highest BCUT2D eigenvalue weighted by molar-refractivity contribution is 5.84. The predicted molar refractivity (Wildman–Crippen MR) is 59.4 cm³/mol. The number of nitrogens with zero attached hydrogens (tertiary/aromatic N) is 2. The van der Waals surface area contributed by atoms with Crippen molar-refractivity contribution in [3.8, 4) is 0 Å². The number of carboxylic acids is 1. The van der Waals surface area contributed by atoms with Gasteiger partial charge >= 0.3 is 5.97 Å². The molecule has 90 valence electrons. The third kappa shape index (κ3) is 2.94. The van der Waals surface area contributed by atoms with E-state index in [0.717, 1.165) is 5.56 Å². The van der Waals surface area contributed by atoms with E-state index in [1.165, 1.54) is 6.07 Å². The van der Waals surface area contributed by atoms with E-state index in [1.54, 1.807) is 16.9 Å². The van der Waals surface area contributed by atoms with Crippen molar-refractivity contribution in [2.24, 2.45) is 7.05 Å². The van der Waals surface area contributed by atoms with Crippen LogP contribution in [-0.2, 0) is 20.1 Å². The van der Waals surface area contributed by atoms with Gasteiger partial charge in [-0.1, -0.05) is 0 Å². The lowest BCUT2D eigenvalue weighted by Gasteiger charge is -1.99. The number of nitrogens with one attached hydrogen (secondary N) is 1. The highest BCUT2D eigenvalue weighted by Gasteiger charge is 2.08. The van der Waals surface area contributed by atoms with E-state index in [2.05, 4.69) is 10.4 Å². The first-order valence-electron chi connectivity index (χ1n) is 5.15. The Morgan fingerprint density at radius 1 is 1.53 bits per heavy atom. The summed E-state index contributed by atoms with van der Waals surface area (Å²) < 4.78 is 6.83. The third-order valence-corrected chi connectivity index (χ3v) is 2.26. The van der Waals surface area contributed by atoms with Crippen molar-refractivity contribution in [3.05, 3.63) is 41.6 Å². The molecule has 0 saturated carbocycles. The Hall–Kier alpha value is -2.08. The third-order valence-electron chi connectivity index (χ3n) is 2.26. The van der Waals surface area contributed by atoms with Crippen molar-refractivity contribution in [2.75, 3.05) is 0 Å². The van der Waals surface area contributed by atoms with Crippen molar-refractivity contribution in [1.82, 2.24) is 15.1 Å². The predicted octanol–water partition coefficient (Wildman–Crippen LogP) is 1.00. The summed E-state index contributed by atoms with van der Waals surface area (Å²) >= 11 is 0. The summed E-state index contributed by atoms with van der Waals surface area (Å²) in [6.07, 6.45) is 3.69. The molecule has 0 aliphatic rings. The Balaban J connectivity index is 1.83. The zero-order valence-electron chi connectivity index (χ0n) is 9.38. The summed E-state index contributed by atoms with van der Waals surface area (Å²) in [4.78, 5) is 10.6. The van der Waals surface area contributed by atoms with Crippen molar-refractivity contribution in [3.63, 3.8) is 0 Å². The average molecular weight is 235 g/mol. The van der Waals surface area contributed by atoms with Crippen LogP contribution in [0.1, 0.15) is 21.9 Å². The molecule has 6 nitrogen and oxygen atoms in total. The van der Waals surface area contributed by atoms with Gasteiger partial charge in [-0.05, 0) is 12.1 Å². The number of aromatic nitrogens is 2. The number of hydrogen-bond donors (Lipinski definition) is 2. The number of carboxylic acid groups (broad SMARTS) is 1. The van der Waals surface area contributed by atoms with Crippen molar-refractivity contribution in [2.45, 2.75) is 13.1 Å². The molecule has 0 amide bonds. The molecular formula is C11H13N3O3. The molecule has 0 aliphatic heterocycles. The SMILES string of the molecule is Cn1cc(CNCc2ccc(C(=O)O)o2)cn1. The molecule has 2 heterocycles. The van der Waals surface area contributed by atoms with Gasteiger partial charge in [0.1, 0.15) is 5.76 Å². The van der Waals surface area contributed by atoms with Crippen LogP contribution < -0.4 is 5.32 Å². The van der Waals surface area contributed by atoms with Crippen LogP contribution in [0.5, 0.6) is 0 Å². The first-order valence-corrected chi connectivity index (χ1v) is 5.15. The van der Waals surface area contributed by atoms with Crippen LogP contribution in [0.15, 0.2) is 28.9 Å². The highest BCUT2D eigenvalue weighted by Crippen LogP contribution is 2.07. The molecule has 2 rings (SSSR count). The molecule has 0 saturated heterocycles. The van der Waals surface area contributed by atoms with Gasteiger partial charge in [0, 0.05) is 25.4 Å². The first kappa shape index (κ1) is 11.4. The molecule has 0 atom stereocenters. The lowest BCUT2D eigenvalue weighted by molar-refractivity contribution is 0.0660. The Morgan fingerprint density at radius 2 is 2.35 bits per heavy atom. The zero-order chi connectivity index (χ0) is 12.3. The lowest BCUT2D eigenvalue weighted by Crippen LogP contribution is -2.11. The molecule has 0 bridgehead atoms. The molecule has 2 N–H and O–H groups in total. The molecule has 0 radical (unpaired) electrons. The van der Waals surface area contributed by atoms with Crippen LogP contribution in [0.2, 0.25) is 0 Å². The molecule has 0 spiro atoms. The van der Waals surface area contributed by atoms with Gasteiger partial charge in [0.15, 0.2) is 0 Å². The Labute approximate surface area is 97.9 Å². The number of furan rings is 1. The minimum absolute atomic E-state index is 0.0387. The minimum atomic E-state index is -1.05. The lowest BCUT2D eigenvalue weighted by atomic mass is 10.3. The number of hydrogen-bond acceptors (Lipinski definition) is 4. The molecule has 0 fully saturated rings. The maximum absolute atomic E-state index is 10.6. The van der Waals surface area contributed by atoms with Gasteiger partial charge in [-0.3, -0.25) is 4.68 Å². The van der Waals surface area contributed by atoms with Crippen molar-refractivity contribution >= 4 is 5.97 Å². The maximum atomic E-state index is 10.6. The first-order chi connectivity index (χ1) is 8.15. The molecule has 6 heteroatoms. The van der Waals surface area contributed by atoms with E-state index < -0.39 is 5.97 Å². The summed E-state index contributed by atoms with van der Waals surface area (Å²) in [7, 11) is 1.86. The maximum Gasteiger partial charge on any atom is 0.371 e. The second kappa shape index (κ2) is 4.84. The molecule has 0 unspecified atom stereocenters. The Kier molecular flexibility index (Phi) is 3.24. The fourth-order valence-corrected chi connectivity index (χ4v) is 1.48. The summed E-state index contributed by atoms with van der Waals surface area (Å²) in [5.74, 6) is -0.488. The minimum Gasteiger partial charge on any atom is -0.475 e. The van der Waals surface area contributed by atoms with Gasteiger partial charge in [-0.25, -0.2) is 4.79 Å². The van der Waals surface area contributed by atoms with Gasteiger partial charge in [-0.15, -0.1) is 0 Å². The Bertz CT molecular complexity index is 516. The molecular weight excluding hydrogens is 222 g/mol. The monoisotopic (exact) mass is 235 g/mol. The summed E-state index contributed by atoms with van der Waals surface area (Å²) in [5.41, 5.74) is 1.07. The van der Waals surface area contributed by atoms with E-state index in [0.29, 0.717) is 18.8 Å². The van der Waals surface area contributed by atoms with Crippen LogP contribution >= 0.6 is 0 Å². The summed E-state index contributed by atoms with van der Waals surface area (Å²) in [6.45, 7) is 1.15. The van der Waals surface area contributed by atoms with Crippen LogP contribution in [-0.4, -0.2) is 20.9 Å². The zero-order valence-corrected chi connectivity index (χ0v) is 9.38. The number of rotatable bonds is 5. The topological polar surface area (TPSA) is 80.3 Å². The second-order valence-corrected chi connectivity index (χ2v) is 3.70. The second-order valence-electron chi connectivity index (χ2n) is 3.70. The Morgan fingerprint density at radius 3 is 2.94 bits per heavy atom. The number of aryl methyl sites for hydroxylation is 1. The highest BCUT2D eigenvalue weighted by atomic mass is 16.4.